The number of phosphoric acid groups is 1. The van der Waals surface area contributed by atoms with Gasteiger partial charge in [-0.2, -0.15) is 0 Å². The molecule has 6 N–H and O–H groups in total. The third-order valence-electron chi connectivity index (χ3n) is 0.552. The first-order valence-electron chi connectivity index (χ1n) is 3.05. The number of rotatable bonds is 2. The van der Waals surface area contributed by atoms with Gasteiger partial charge in [0.2, 0.25) is 0 Å². The van der Waals surface area contributed by atoms with Crippen molar-refractivity contribution in [3.8, 4) is 0 Å². The molecule has 1 atom stereocenters. The van der Waals surface area contributed by atoms with Crippen molar-refractivity contribution in [3.63, 3.8) is 0 Å². The number of aliphatic hydroxyl groups is 1. The predicted molar refractivity (Wildman–Crippen MR) is 42.8 cm³/mol. The van der Waals surface area contributed by atoms with Gasteiger partial charge in [0.15, 0.2) is 0 Å². The zero-order valence-corrected chi connectivity index (χ0v) is 7.85. The third-order valence-corrected chi connectivity index (χ3v) is 0.552. The molecule has 0 aliphatic heterocycles. The van der Waals surface area contributed by atoms with Gasteiger partial charge in [0.05, 0.1) is 6.10 Å². The minimum atomic E-state index is -4.64. The van der Waals surface area contributed by atoms with E-state index >= 15 is 0 Å². The molecule has 0 aromatic heterocycles. The van der Waals surface area contributed by atoms with Gasteiger partial charge in [-0.25, -0.2) is 9.57 Å². The average Bonchev–Trinajstić information content (AvgIpc) is 1.52. The average molecular weight is 202 g/mol. The van der Waals surface area contributed by atoms with Crippen molar-refractivity contribution in [2.75, 3.05) is 13.6 Å². The van der Waals surface area contributed by atoms with Crippen LogP contribution in [0, 0.1) is 0 Å². The van der Waals surface area contributed by atoms with E-state index in [9.17, 15) is 0 Å². The van der Waals surface area contributed by atoms with E-state index in [1.54, 1.807) is 14.0 Å². The highest BCUT2D eigenvalue weighted by Gasteiger charge is 2.00. The number of nitrogens with zero attached hydrogens (tertiary/aromatic N) is 1. The van der Waals surface area contributed by atoms with Gasteiger partial charge in [-0.3, -0.25) is 5.84 Å². The zero-order valence-electron chi connectivity index (χ0n) is 6.95. The molecule has 0 fully saturated rings. The summed E-state index contributed by atoms with van der Waals surface area (Å²) < 4.78 is 8.88. The summed E-state index contributed by atoms with van der Waals surface area (Å²) in [7, 11) is -2.92. The molecule has 0 radical (unpaired) electrons. The van der Waals surface area contributed by atoms with Crippen LogP contribution in [0.4, 0.5) is 0 Å². The molecular weight excluding hydrogens is 187 g/mol. The lowest BCUT2D eigenvalue weighted by Crippen LogP contribution is -2.32. The Morgan fingerprint density at radius 1 is 1.50 bits per heavy atom. The molecule has 0 aromatic rings. The highest BCUT2D eigenvalue weighted by molar-refractivity contribution is 7.45. The van der Waals surface area contributed by atoms with E-state index in [4.69, 9.17) is 30.2 Å². The standard InChI is InChI=1S/C4H12N2O.H3O4P/c1-4(7)3-6(2)5;1-5(2,3)4/h4,7H,3,5H2,1-2H3;(H3,1,2,3,4). The zero-order chi connectivity index (χ0) is 10.4. The fourth-order valence-corrected chi connectivity index (χ4v) is 0.417. The second-order valence-electron chi connectivity index (χ2n) is 2.30. The van der Waals surface area contributed by atoms with Crippen LogP contribution in [0.5, 0.6) is 0 Å². The number of hydrazine groups is 1. The number of hydrogen-bond acceptors (Lipinski definition) is 4. The van der Waals surface area contributed by atoms with Gasteiger partial charge in [0.1, 0.15) is 0 Å². The maximum Gasteiger partial charge on any atom is 0.466 e. The third kappa shape index (κ3) is 50.7. The van der Waals surface area contributed by atoms with Gasteiger partial charge in [-0.05, 0) is 6.92 Å². The summed E-state index contributed by atoms with van der Waals surface area (Å²) in [6, 6.07) is 0. The molecule has 0 heterocycles. The van der Waals surface area contributed by atoms with Gasteiger partial charge in [-0.15, -0.1) is 0 Å². The highest BCUT2D eigenvalue weighted by atomic mass is 31.2. The van der Waals surface area contributed by atoms with Gasteiger partial charge in [0.25, 0.3) is 0 Å². The molecule has 8 heteroatoms. The lowest BCUT2D eigenvalue weighted by atomic mass is 10.4. The van der Waals surface area contributed by atoms with Gasteiger partial charge >= 0.3 is 7.82 Å². The van der Waals surface area contributed by atoms with Crippen molar-refractivity contribution in [3.05, 3.63) is 0 Å². The normalized spacial score (nSPS) is 13.7. The minimum Gasteiger partial charge on any atom is -0.392 e. The fraction of sp³-hybridized carbons (Fsp3) is 1.00. The van der Waals surface area contributed by atoms with Crippen molar-refractivity contribution in [2.45, 2.75) is 13.0 Å². The molecule has 0 aromatic carbocycles. The summed E-state index contributed by atoms with van der Waals surface area (Å²) in [5.74, 6) is 5.17. The van der Waals surface area contributed by atoms with Gasteiger partial charge in [-0.1, -0.05) is 0 Å². The van der Waals surface area contributed by atoms with Crippen molar-refractivity contribution in [2.24, 2.45) is 5.84 Å². The Balaban J connectivity index is 0. The summed E-state index contributed by atoms with van der Waals surface area (Å²) in [5.41, 5.74) is 0. The molecule has 0 saturated heterocycles. The van der Waals surface area contributed by atoms with Crippen LogP contribution in [0.2, 0.25) is 0 Å². The van der Waals surface area contributed by atoms with Crippen LogP contribution in [-0.4, -0.2) is 44.5 Å². The summed E-state index contributed by atoms with van der Waals surface area (Å²) in [5, 5.41) is 10.1. The van der Waals surface area contributed by atoms with Crippen LogP contribution in [0.3, 0.4) is 0 Å². The molecule has 0 rings (SSSR count). The number of nitrogens with two attached hydrogens (primary N) is 1. The molecule has 12 heavy (non-hydrogen) atoms. The Bertz CT molecular complexity index is 130. The molecular formula is C4H15N2O5P. The van der Waals surface area contributed by atoms with E-state index in [0.29, 0.717) is 6.54 Å². The minimum absolute atomic E-state index is 0.324. The lowest BCUT2D eigenvalue weighted by Gasteiger charge is -2.09. The van der Waals surface area contributed by atoms with Crippen LogP contribution in [0.15, 0.2) is 0 Å². The second kappa shape index (κ2) is 6.50. The van der Waals surface area contributed by atoms with E-state index in [1.807, 2.05) is 0 Å². The summed E-state index contributed by atoms with van der Waals surface area (Å²) in [6.45, 7) is 2.23. The fourth-order valence-electron chi connectivity index (χ4n) is 0.417. The first-order chi connectivity index (χ1) is 5.13. The molecule has 0 amide bonds. The maximum atomic E-state index is 8.88. The molecule has 0 aliphatic carbocycles. The first kappa shape index (κ1) is 14.5. The Hall–Kier alpha value is -0.0100. The van der Waals surface area contributed by atoms with Crippen molar-refractivity contribution in [1.82, 2.24) is 5.01 Å². The molecule has 0 saturated carbocycles. The van der Waals surface area contributed by atoms with Gasteiger partial charge in [0, 0.05) is 13.6 Å². The predicted octanol–water partition coefficient (Wildman–Crippen LogP) is -1.76. The molecule has 0 bridgehead atoms. The smallest absolute Gasteiger partial charge is 0.392 e. The van der Waals surface area contributed by atoms with Crippen LogP contribution in [-0.2, 0) is 4.57 Å². The molecule has 76 valence electrons. The van der Waals surface area contributed by atoms with E-state index < -0.39 is 7.82 Å². The number of aliphatic hydroxyl groups excluding tert-OH is 1. The molecule has 7 nitrogen and oxygen atoms in total. The second-order valence-corrected chi connectivity index (χ2v) is 3.33. The Morgan fingerprint density at radius 3 is 1.75 bits per heavy atom. The Morgan fingerprint density at radius 2 is 1.75 bits per heavy atom. The number of likely N-dealkylation sites (N-methyl/N-ethyl adjacent to an activating group) is 1. The van der Waals surface area contributed by atoms with E-state index in [-0.39, 0.29) is 6.10 Å². The largest absolute Gasteiger partial charge is 0.466 e. The van der Waals surface area contributed by atoms with Crippen LogP contribution in [0.25, 0.3) is 0 Å². The molecule has 1 unspecified atom stereocenters. The van der Waals surface area contributed by atoms with Crippen LogP contribution in [0.1, 0.15) is 6.92 Å². The summed E-state index contributed by atoms with van der Waals surface area (Å²) in [4.78, 5) is 21.6. The van der Waals surface area contributed by atoms with E-state index in [0.717, 1.165) is 0 Å². The molecule has 0 spiro atoms. The Labute approximate surface area is 70.6 Å². The topological polar surface area (TPSA) is 127 Å². The monoisotopic (exact) mass is 202 g/mol. The number of hydrogen-bond donors (Lipinski definition) is 5. The SMILES string of the molecule is CC(O)CN(C)N.O=P(O)(O)O. The molecule has 0 aliphatic rings. The van der Waals surface area contributed by atoms with Crippen molar-refractivity contribution in [1.29, 1.82) is 0 Å². The van der Waals surface area contributed by atoms with E-state index in [1.165, 1.54) is 5.01 Å². The van der Waals surface area contributed by atoms with Crippen LogP contribution < -0.4 is 5.84 Å². The Kier molecular flexibility index (Phi) is 7.86. The van der Waals surface area contributed by atoms with Crippen LogP contribution >= 0.6 is 7.82 Å². The van der Waals surface area contributed by atoms with E-state index in [2.05, 4.69) is 0 Å². The maximum absolute atomic E-state index is 8.88. The summed E-state index contributed by atoms with van der Waals surface area (Å²) >= 11 is 0. The van der Waals surface area contributed by atoms with Gasteiger partial charge < -0.3 is 19.8 Å². The highest BCUT2D eigenvalue weighted by Crippen LogP contribution is 2.25. The quantitative estimate of drug-likeness (QED) is 0.204. The van der Waals surface area contributed by atoms with Crippen molar-refractivity contribution < 1.29 is 24.4 Å². The summed E-state index contributed by atoms with van der Waals surface area (Å²) in [6.07, 6.45) is -0.324. The first-order valence-corrected chi connectivity index (χ1v) is 4.61. The van der Waals surface area contributed by atoms with Crippen molar-refractivity contribution >= 4 is 7.82 Å². The lowest BCUT2D eigenvalue weighted by molar-refractivity contribution is 0.142.